The number of hydrogen-bond donors (Lipinski definition) is 2. The van der Waals surface area contributed by atoms with E-state index in [1.165, 1.54) is 47.0 Å². The van der Waals surface area contributed by atoms with Crippen LogP contribution in [0.15, 0.2) is 82.7 Å². The molecule has 2 N–H and O–H groups in total. The topological polar surface area (TPSA) is 113 Å². The van der Waals surface area contributed by atoms with Crippen LogP contribution < -0.4 is 9.64 Å². The van der Waals surface area contributed by atoms with Crippen LogP contribution in [0.5, 0.6) is 11.5 Å². The molecule has 2 heterocycles. The average molecular weight is 564 g/mol. The molecular formula is C28H22FN3O5S2. The van der Waals surface area contributed by atoms with Crippen molar-refractivity contribution in [1.29, 1.82) is 0 Å². The van der Waals surface area contributed by atoms with Gasteiger partial charge >= 0.3 is 5.91 Å². The number of aliphatic hydroxyl groups excluding tert-OH is 1. The van der Waals surface area contributed by atoms with Crippen LogP contribution in [0.1, 0.15) is 29.7 Å². The molecule has 39 heavy (non-hydrogen) atoms. The van der Waals surface area contributed by atoms with Gasteiger partial charge in [-0.05, 0) is 54.4 Å². The zero-order chi connectivity index (χ0) is 27.5. The number of amides is 1. The van der Waals surface area contributed by atoms with Gasteiger partial charge in [-0.15, -0.1) is 10.2 Å². The zero-order valence-electron chi connectivity index (χ0n) is 20.6. The number of benzene rings is 3. The second kappa shape index (κ2) is 11.3. The van der Waals surface area contributed by atoms with Crippen LogP contribution in [0.3, 0.4) is 0 Å². The molecule has 3 aromatic carbocycles. The number of rotatable bonds is 8. The minimum atomic E-state index is -1.10. The van der Waals surface area contributed by atoms with E-state index in [4.69, 9.17) is 4.74 Å². The maximum Gasteiger partial charge on any atom is 0.301 e. The van der Waals surface area contributed by atoms with Crippen LogP contribution in [0.25, 0.3) is 5.76 Å². The van der Waals surface area contributed by atoms with Crippen molar-refractivity contribution < 1.29 is 28.9 Å². The number of anilines is 1. The van der Waals surface area contributed by atoms with Crippen LogP contribution in [-0.2, 0) is 15.3 Å². The first-order chi connectivity index (χ1) is 18.9. The molecule has 11 heteroatoms. The Morgan fingerprint density at radius 3 is 2.54 bits per heavy atom. The Labute approximate surface area is 231 Å². The van der Waals surface area contributed by atoms with E-state index in [1.807, 2.05) is 30.3 Å². The van der Waals surface area contributed by atoms with E-state index >= 15 is 0 Å². The summed E-state index contributed by atoms with van der Waals surface area (Å²) >= 11 is 2.58. The van der Waals surface area contributed by atoms with Gasteiger partial charge in [-0.2, -0.15) is 0 Å². The highest BCUT2D eigenvalue weighted by Crippen LogP contribution is 2.45. The predicted octanol–water partition coefficient (Wildman–Crippen LogP) is 5.70. The summed E-state index contributed by atoms with van der Waals surface area (Å²) in [5.74, 6) is -2.14. The summed E-state index contributed by atoms with van der Waals surface area (Å²) in [6.45, 7) is 2.02. The fraction of sp³-hybridized carbons (Fsp3) is 0.143. The second-order valence-corrected chi connectivity index (χ2v) is 10.6. The van der Waals surface area contributed by atoms with Gasteiger partial charge in [0.2, 0.25) is 5.13 Å². The third-order valence-electron chi connectivity index (χ3n) is 5.97. The smallest absolute Gasteiger partial charge is 0.301 e. The number of phenolic OH excluding ortho intramolecular Hbond substituents is 1. The van der Waals surface area contributed by atoms with Crippen molar-refractivity contribution >= 4 is 45.7 Å². The fourth-order valence-corrected chi connectivity index (χ4v) is 5.98. The monoisotopic (exact) mass is 563 g/mol. The summed E-state index contributed by atoms with van der Waals surface area (Å²) in [5, 5.41) is 30.0. The van der Waals surface area contributed by atoms with Crippen LogP contribution in [0.2, 0.25) is 0 Å². The molecule has 0 aliphatic carbocycles. The number of ether oxygens (including phenoxy) is 1. The molecule has 0 spiro atoms. The number of carbonyl (C=O) groups excluding carboxylic acids is 2. The van der Waals surface area contributed by atoms with Crippen molar-refractivity contribution in [3.8, 4) is 11.5 Å². The fourth-order valence-electron chi connectivity index (χ4n) is 4.16. The highest BCUT2D eigenvalue weighted by atomic mass is 32.2. The lowest BCUT2D eigenvalue weighted by molar-refractivity contribution is -0.132. The Morgan fingerprint density at radius 2 is 1.82 bits per heavy atom. The van der Waals surface area contributed by atoms with E-state index in [2.05, 4.69) is 10.2 Å². The highest BCUT2D eigenvalue weighted by Gasteiger charge is 2.48. The summed E-state index contributed by atoms with van der Waals surface area (Å²) in [7, 11) is 0. The standard InChI is InChI=1S/C28H22FN3O5S2/c1-2-37-21-14-18(10-13-20(21)33)23-22(24(34)17-8-11-19(29)12-9-17)25(35)26(36)32(23)27-30-31-28(39-27)38-15-16-6-4-3-5-7-16/h3-14,23,33-34H,2,15H2,1H3/b24-22-. The van der Waals surface area contributed by atoms with Gasteiger partial charge in [0.05, 0.1) is 18.2 Å². The zero-order valence-corrected chi connectivity index (χ0v) is 22.2. The molecule has 198 valence electrons. The Bertz CT molecular complexity index is 1560. The van der Waals surface area contributed by atoms with E-state index in [0.29, 0.717) is 15.7 Å². The molecule has 4 aromatic rings. The maximum atomic E-state index is 13.5. The number of phenols is 1. The lowest BCUT2D eigenvalue weighted by atomic mass is 9.95. The molecule has 1 atom stereocenters. The number of hydrogen-bond acceptors (Lipinski definition) is 9. The Morgan fingerprint density at radius 1 is 1.08 bits per heavy atom. The van der Waals surface area contributed by atoms with Crippen molar-refractivity contribution in [1.82, 2.24) is 10.2 Å². The third-order valence-corrected chi connectivity index (χ3v) is 8.10. The molecule has 5 rings (SSSR count). The molecular weight excluding hydrogens is 541 g/mol. The summed E-state index contributed by atoms with van der Waals surface area (Å²) in [4.78, 5) is 27.9. The van der Waals surface area contributed by atoms with E-state index in [1.54, 1.807) is 6.92 Å². The summed E-state index contributed by atoms with van der Waals surface area (Å²) < 4.78 is 19.6. The first kappa shape index (κ1) is 26.4. The highest BCUT2D eigenvalue weighted by molar-refractivity contribution is 8.00. The molecule has 1 unspecified atom stereocenters. The lowest BCUT2D eigenvalue weighted by Crippen LogP contribution is -2.29. The largest absolute Gasteiger partial charge is 0.507 e. The van der Waals surface area contributed by atoms with Crippen LogP contribution in [-0.4, -0.2) is 38.7 Å². The van der Waals surface area contributed by atoms with Gasteiger partial charge in [0.15, 0.2) is 15.8 Å². The van der Waals surface area contributed by atoms with Crippen molar-refractivity contribution in [3.63, 3.8) is 0 Å². The molecule has 1 aliphatic rings. The number of carbonyl (C=O) groups is 2. The number of aromatic nitrogens is 2. The normalized spacial score (nSPS) is 16.6. The third kappa shape index (κ3) is 5.36. The quantitative estimate of drug-likeness (QED) is 0.0923. The number of aliphatic hydroxyl groups is 1. The molecule has 1 amide bonds. The SMILES string of the molecule is CCOc1cc(C2/C(=C(/O)c3ccc(F)cc3)C(=O)C(=O)N2c2nnc(SCc3ccccc3)s2)ccc1O. The number of ketones is 1. The summed E-state index contributed by atoms with van der Waals surface area (Å²) in [6, 6.07) is 18.1. The van der Waals surface area contributed by atoms with Gasteiger partial charge in [-0.25, -0.2) is 4.39 Å². The minimum Gasteiger partial charge on any atom is -0.507 e. The van der Waals surface area contributed by atoms with Gasteiger partial charge in [0.25, 0.3) is 5.78 Å². The van der Waals surface area contributed by atoms with Crippen LogP contribution in [0, 0.1) is 5.82 Å². The van der Waals surface area contributed by atoms with Crippen molar-refractivity contribution in [2.75, 3.05) is 11.5 Å². The van der Waals surface area contributed by atoms with Gasteiger partial charge in [0, 0.05) is 11.3 Å². The van der Waals surface area contributed by atoms with Crippen LogP contribution in [0.4, 0.5) is 9.52 Å². The minimum absolute atomic E-state index is 0.119. The molecule has 0 bridgehead atoms. The number of nitrogens with zero attached hydrogens (tertiary/aromatic N) is 3. The number of thioether (sulfide) groups is 1. The van der Waals surface area contributed by atoms with Gasteiger partial charge in [-0.3, -0.25) is 14.5 Å². The molecule has 8 nitrogen and oxygen atoms in total. The Hall–Kier alpha value is -4.22. The maximum absolute atomic E-state index is 13.5. The Kier molecular flexibility index (Phi) is 7.62. The summed E-state index contributed by atoms with van der Waals surface area (Å²) in [6.07, 6.45) is 0. The van der Waals surface area contributed by atoms with Crippen molar-refractivity contribution in [2.24, 2.45) is 0 Å². The number of halogens is 1. The average Bonchev–Trinajstić information content (AvgIpc) is 3.51. The predicted molar refractivity (Wildman–Crippen MR) is 146 cm³/mol. The van der Waals surface area contributed by atoms with Crippen molar-refractivity contribution in [2.45, 2.75) is 23.1 Å². The molecule has 0 radical (unpaired) electrons. The number of aromatic hydroxyl groups is 1. The van der Waals surface area contributed by atoms with Gasteiger partial charge < -0.3 is 14.9 Å². The lowest BCUT2D eigenvalue weighted by Gasteiger charge is -2.23. The first-order valence-corrected chi connectivity index (χ1v) is 13.7. The van der Waals surface area contributed by atoms with E-state index < -0.39 is 29.3 Å². The van der Waals surface area contributed by atoms with Crippen molar-refractivity contribution in [3.05, 3.63) is 101 Å². The van der Waals surface area contributed by atoms with E-state index in [9.17, 15) is 24.2 Å². The first-order valence-electron chi connectivity index (χ1n) is 11.9. The molecule has 1 aromatic heterocycles. The van der Waals surface area contributed by atoms with E-state index in [0.717, 1.165) is 29.0 Å². The molecule has 1 fully saturated rings. The molecule has 1 saturated heterocycles. The van der Waals surface area contributed by atoms with Crippen LogP contribution >= 0.6 is 23.1 Å². The molecule has 0 saturated carbocycles. The molecule has 1 aliphatic heterocycles. The van der Waals surface area contributed by atoms with E-state index in [-0.39, 0.29) is 34.4 Å². The Balaban J connectivity index is 1.58. The van der Waals surface area contributed by atoms with Gasteiger partial charge in [0.1, 0.15) is 11.6 Å². The second-order valence-electron chi connectivity index (χ2n) is 8.46. The van der Waals surface area contributed by atoms with Gasteiger partial charge in [-0.1, -0.05) is 59.5 Å². The number of Topliss-reactive ketones (excluding diaryl/α,β-unsaturated/α-hetero) is 1. The summed E-state index contributed by atoms with van der Waals surface area (Å²) in [5.41, 5.74) is 1.45.